The van der Waals surface area contributed by atoms with E-state index < -0.39 is 18.5 Å². The van der Waals surface area contributed by atoms with Crippen LogP contribution in [0.15, 0.2) is 29.2 Å². The molecule has 0 aromatic heterocycles. The van der Waals surface area contributed by atoms with Gasteiger partial charge in [-0.2, -0.15) is 0 Å². The van der Waals surface area contributed by atoms with Gasteiger partial charge in [0.15, 0.2) is 4.08 Å². The topological polar surface area (TPSA) is 34.1 Å². The normalized spacial score (nSPS) is 30.2. The van der Waals surface area contributed by atoms with Crippen molar-refractivity contribution in [1.82, 2.24) is 0 Å². The third-order valence-electron chi connectivity index (χ3n) is 2.45. The summed E-state index contributed by atoms with van der Waals surface area (Å²) in [4.78, 5) is 0.879. The molecule has 82 valence electrons. The fourth-order valence-corrected chi connectivity index (χ4v) is 5.10. The van der Waals surface area contributed by atoms with E-state index in [2.05, 4.69) is 0 Å². The molecule has 1 aliphatic rings. The molecule has 2 nitrogen and oxygen atoms in total. The van der Waals surface area contributed by atoms with Gasteiger partial charge < -0.3 is 0 Å². The lowest BCUT2D eigenvalue weighted by molar-refractivity contribution is 0.590. The molecule has 1 aliphatic heterocycles. The molecule has 2 rings (SSSR count). The number of hydrogen-bond donors (Lipinski definition) is 0. The predicted octanol–water partition coefficient (Wildman–Crippen LogP) is 3.36. The lowest BCUT2D eigenvalue weighted by Gasteiger charge is -2.22. The van der Waals surface area contributed by atoms with Gasteiger partial charge in [-0.05, 0) is 18.6 Å². The molecule has 1 aromatic rings. The minimum absolute atomic E-state index is 0.610. The lowest BCUT2D eigenvalue weighted by Crippen LogP contribution is -2.29. The van der Waals surface area contributed by atoms with Crippen LogP contribution in [0.4, 0.5) is 0 Å². The number of alkyl halides is 1. The monoisotopic (exact) mass is 282 g/mol. The summed E-state index contributed by atoms with van der Waals surface area (Å²) >= 11 is 7.35. The van der Waals surface area contributed by atoms with Gasteiger partial charge in [0, 0.05) is 15.6 Å². The van der Waals surface area contributed by atoms with Crippen molar-refractivity contribution >= 4 is 43.1 Å². The van der Waals surface area contributed by atoms with Crippen LogP contribution in [0.5, 0.6) is 0 Å². The van der Waals surface area contributed by atoms with E-state index >= 15 is 0 Å². The van der Waals surface area contributed by atoms with Gasteiger partial charge in [-0.25, -0.2) is 8.42 Å². The molecule has 0 amide bonds. The minimum atomic E-state index is -3.72. The number of hydrogen-bond acceptors (Lipinski definition) is 3. The van der Waals surface area contributed by atoms with Crippen LogP contribution in [-0.4, -0.2) is 12.5 Å². The second-order valence-electron chi connectivity index (χ2n) is 3.46. The highest BCUT2D eigenvalue weighted by Crippen LogP contribution is 2.58. The molecule has 0 saturated heterocycles. The average molecular weight is 283 g/mol. The maximum atomic E-state index is 11.5. The summed E-state index contributed by atoms with van der Waals surface area (Å²) in [5.74, 6) is 0. The van der Waals surface area contributed by atoms with E-state index in [1.165, 1.54) is 11.8 Å². The van der Waals surface area contributed by atoms with Crippen molar-refractivity contribution in [1.29, 1.82) is 0 Å². The van der Waals surface area contributed by atoms with E-state index in [1.807, 2.05) is 24.3 Å². The molecule has 2 unspecified atom stereocenters. The van der Waals surface area contributed by atoms with Crippen LogP contribution in [0.25, 0.3) is 0 Å². The van der Waals surface area contributed by atoms with Crippen LogP contribution in [0.1, 0.15) is 17.9 Å². The van der Waals surface area contributed by atoms with Crippen molar-refractivity contribution in [3.63, 3.8) is 0 Å². The molecule has 6 heteroatoms. The molecule has 0 aliphatic carbocycles. The van der Waals surface area contributed by atoms with Gasteiger partial charge in [0.05, 0.1) is 5.38 Å². The quantitative estimate of drug-likeness (QED) is 0.585. The first-order chi connectivity index (χ1) is 6.86. The van der Waals surface area contributed by atoms with Crippen molar-refractivity contribution < 1.29 is 8.42 Å². The van der Waals surface area contributed by atoms with Crippen molar-refractivity contribution in [2.75, 3.05) is 0 Å². The van der Waals surface area contributed by atoms with Gasteiger partial charge >= 0.3 is 0 Å². The van der Waals surface area contributed by atoms with E-state index in [0.29, 0.717) is 0 Å². The number of rotatable bonds is 1. The van der Waals surface area contributed by atoms with Gasteiger partial charge in [0.2, 0.25) is 9.05 Å². The van der Waals surface area contributed by atoms with E-state index in [1.54, 1.807) is 6.92 Å². The second kappa shape index (κ2) is 3.55. The Labute approximate surface area is 102 Å². The zero-order valence-corrected chi connectivity index (χ0v) is 10.9. The van der Waals surface area contributed by atoms with Crippen molar-refractivity contribution in [3.8, 4) is 0 Å². The van der Waals surface area contributed by atoms with Crippen LogP contribution in [0, 0.1) is 0 Å². The van der Waals surface area contributed by atoms with Gasteiger partial charge in [-0.3, -0.25) is 0 Å². The summed E-state index contributed by atoms with van der Waals surface area (Å²) in [7, 11) is 1.72. The highest BCUT2D eigenvalue weighted by atomic mass is 35.7. The zero-order valence-electron chi connectivity index (χ0n) is 7.78. The molecule has 15 heavy (non-hydrogen) atoms. The second-order valence-corrected chi connectivity index (χ2v) is 8.59. The van der Waals surface area contributed by atoms with Gasteiger partial charge in [0.1, 0.15) is 0 Å². The van der Waals surface area contributed by atoms with Crippen LogP contribution in [0.3, 0.4) is 0 Å². The van der Waals surface area contributed by atoms with Crippen LogP contribution in [0.2, 0.25) is 0 Å². The molecule has 1 aromatic carbocycles. The minimum Gasteiger partial charge on any atom is -0.211 e. The summed E-state index contributed by atoms with van der Waals surface area (Å²) in [5, 5.41) is -0.610. The van der Waals surface area contributed by atoms with E-state index in [0.717, 1.165) is 10.5 Å². The number of fused-ring (bicyclic) bond motifs is 1. The molecule has 0 spiro atoms. The average Bonchev–Trinajstić information content (AvgIpc) is 2.40. The first-order valence-corrected chi connectivity index (χ1v) is 7.79. The third kappa shape index (κ3) is 1.68. The highest BCUT2D eigenvalue weighted by molar-refractivity contribution is 8.25. The lowest BCUT2D eigenvalue weighted by atomic mass is 10.1. The molecule has 2 atom stereocenters. The molecular weight excluding hydrogens is 275 g/mol. The summed E-state index contributed by atoms with van der Waals surface area (Å²) in [6.45, 7) is 1.55. The Bertz CT molecular complexity index is 501. The molecule has 0 fully saturated rings. The molecule has 1 heterocycles. The van der Waals surface area contributed by atoms with Crippen LogP contribution >= 0.6 is 34.0 Å². The Balaban J connectivity index is 2.56. The summed E-state index contributed by atoms with van der Waals surface area (Å²) < 4.78 is 21.8. The van der Waals surface area contributed by atoms with Crippen molar-refractivity contribution in [3.05, 3.63) is 29.8 Å². The van der Waals surface area contributed by atoms with Crippen LogP contribution in [-0.2, 0) is 9.05 Å². The number of thioether (sulfide) groups is 1. The van der Waals surface area contributed by atoms with Crippen LogP contribution < -0.4 is 0 Å². The van der Waals surface area contributed by atoms with Crippen molar-refractivity contribution in [2.45, 2.75) is 21.3 Å². The Morgan fingerprint density at radius 2 is 2.00 bits per heavy atom. The fraction of sp³-hybridized carbons (Fsp3) is 0.333. The SMILES string of the molecule is CC1(S(=O)(=O)Cl)Sc2ccccc2C1Cl. The van der Waals surface area contributed by atoms with E-state index in [4.69, 9.17) is 22.3 Å². The summed E-state index contributed by atoms with van der Waals surface area (Å²) in [6.07, 6.45) is 0. The number of halogens is 2. The Morgan fingerprint density at radius 1 is 1.40 bits per heavy atom. The Morgan fingerprint density at radius 3 is 2.53 bits per heavy atom. The molecular formula is C9H8Cl2O2S2. The van der Waals surface area contributed by atoms with Crippen molar-refractivity contribution in [2.24, 2.45) is 0 Å². The Hall–Kier alpha value is 0.1000. The number of benzene rings is 1. The molecule has 0 N–H and O–H groups in total. The third-order valence-corrected chi connectivity index (χ3v) is 7.96. The zero-order chi connectivity index (χ0) is 11.3. The standard InChI is InChI=1S/C9H8Cl2O2S2/c1-9(15(11,12)13)8(10)6-4-2-3-5-7(6)14-9/h2-5,8H,1H3. The molecule has 0 radical (unpaired) electrons. The van der Waals surface area contributed by atoms with Gasteiger partial charge in [0.25, 0.3) is 0 Å². The first-order valence-electron chi connectivity index (χ1n) is 4.22. The Kier molecular flexibility index (Phi) is 2.74. The van der Waals surface area contributed by atoms with Gasteiger partial charge in [-0.1, -0.05) is 30.0 Å². The first kappa shape index (κ1) is 11.6. The molecule has 0 saturated carbocycles. The summed E-state index contributed by atoms with van der Waals surface area (Å²) in [5.41, 5.74) is 0.830. The highest BCUT2D eigenvalue weighted by Gasteiger charge is 2.51. The van der Waals surface area contributed by atoms with Gasteiger partial charge in [-0.15, -0.1) is 11.6 Å². The van der Waals surface area contributed by atoms with E-state index in [-0.39, 0.29) is 0 Å². The maximum absolute atomic E-state index is 11.5. The smallest absolute Gasteiger partial charge is 0.211 e. The fourth-order valence-electron chi connectivity index (χ4n) is 1.51. The maximum Gasteiger partial charge on any atom is 0.249 e. The predicted molar refractivity (Wildman–Crippen MR) is 64.1 cm³/mol. The summed E-state index contributed by atoms with van der Waals surface area (Å²) in [6, 6.07) is 7.36. The van der Waals surface area contributed by atoms with E-state index in [9.17, 15) is 8.42 Å². The molecule has 0 bridgehead atoms. The largest absolute Gasteiger partial charge is 0.249 e.